The zero-order chi connectivity index (χ0) is 20.1. The Kier molecular flexibility index (Phi) is 5.63. The number of hydrogen-bond acceptors (Lipinski definition) is 4. The lowest BCUT2D eigenvalue weighted by Gasteiger charge is -2.31. The molecule has 0 N–H and O–H groups in total. The summed E-state index contributed by atoms with van der Waals surface area (Å²) in [5, 5.41) is 18.8. The van der Waals surface area contributed by atoms with Crippen molar-refractivity contribution in [3.05, 3.63) is 83.1 Å². The van der Waals surface area contributed by atoms with Gasteiger partial charge >= 0.3 is 0 Å². The molecule has 0 fully saturated rings. The third-order valence-electron chi connectivity index (χ3n) is 4.75. The summed E-state index contributed by atoms with van der Waals surface area (Å²) in [6.45, 7) is 2.88. The molecule has 0 aromatic heterocycles. The second-order valence-electron chi connectivity index (χ2n) is 6.66. The van der Waals surface area contributed by atoms with Gasteiger partial charge in [-0.15, -0.1) is 0 Å². The van der Waals surface area contributed by atoms with Gasteiger partial charge in [0.1, 0.15) is 17.7 Å². The second kappa shape index (κ2) is 8.29. The smallest absolute Gasteiger partial charge is 0.137 e. The fourth-order valence-corrected chi connectivity index (χ4v) is 3.29. The van der Waals surface area contributed by atoms with E-state index >= 15 is 0 Å². The Balaban J connectivity index is 2.05. The van der Waals surface area contributed by atoms with E-state index in [-0.39, 0.29) is 5.57 Å². The van der Waals surface area contributed by atoms with Gasteiger partial charge in [0.25, 0.3) is 0 Å². The maximum atomic E-state index is 9.40. The molecule has 0 spiro atoms. The highest BCUT2D eigenvalue weighted by Gasteiger charge is 2.22. The molecule has 0 amide bonds. The molecule has 1 heterocycles. The summed E-state index contributed by atoms with van der Waals surface area (Å²) in [6, 6.07) is 20.3. The Morgan fingerprint density at radius 1 is 1.00 bits per heavy atom. The average Bonchev–Trinajstić information content (AvgIpc) is 2.73. The monoisotopic (exact) mass is 366 g/mol. The van der Waals surface area contributed by atoms with Crippen molar-refractivity contribution in [1.82, 2.24) is 0 Å². The van der Waals surface area contributed by atoms with Crippen LogP contribution >= 0.6 is 0 Å². The maximum Gasteiger partial charge on any atom is 0.137 e. The number of allylic oxidation sites excluding steroid dienone is 4. The largest absolute Gasteiger partial charge is 0.378 e. The second-order valence-corrected chi connectivity index (χ2v) is 6.66. The van der Waals surface area contributed by atoms with Crippen LogP contribution in [0.5, 0.6) is 0 Å². The first kappa shape index (κ1) is 19.0. The number of nitriles is 2. The highest BCUT2D eigenvalue weighted by molar-refractivity contribution is 5.93. The van der Waals surface area contributed by atoms with E-state index in [0.29, 0.717) is 5.57 Å². The summed E-state index contributed by atoms with van der Waals surface area (Å²) < 4.78 is 0. The van der Waals surface area contributed by atoms with Gasteiger partial charge in [0.2, 0.25) is 0 Å². The summed E-state index contributed by atoms with van der Waals surface area (Å²) in [7, 11) is 4.04. The lowest BCUT2D eigenvalue weighted by atomic mass is 9.93. The summed E-state index contributed by atoms with van der Waals surface area (Å²) in [4.78, 5) is 4.26. The van der Waals surface area contributed by atoms with Gasteiger partial charge in [-0.1, -0.05) is 36.4 Å². The Labute approximate surface area is 166 Å². The van der Waals surface area contributed by atoms with Crippen LogP contribution in [0.2, 0.25) is 0 Å². The minimum absolute atomic E-state index is 0.129. The average molecular weight is 366 g/mol. The third-order valence-corrected chi connectivity index (χ3v) is 4.75. The Bertz CT molecular complexity index is 1030. The van der Waals surface area contributed by atoms with E-state index in [9.17, 15) is 10.5 Å². The molecule has 0 unspecified atom stereocenters. The van der Waals surface area contributed by atoms with Crippen LogP contribution in [0.25, 0.3) is 11.6 Å². The molecule has 1 aliphatic heterocycles. The third kappa shape index (κ3) is 3.68. The highest BCUT2D eigenvalue weighted by atomic mass is 15.1. The first-order chi connectivity index (χ1) is 13.6. The molecule has 0 saturated carbocycles. The minimum atomic E-state index is 0.129. The van der Waals surface area contributed by atoms with Crippen molar-refractivity contribution in [2.75, 3.05) is 30.4 Å². The molecule has 4 nitrogen and oxygen atoms in total. The van der Waals surface area contributed by atoms with Gasteiger partial charge in [-0.2, -0.15) is 10.5 Å². The number of fused-ring (bicyclic) bond motifs is 1. The normalized spacial score (nSPS) is 12.8. The predicted octanol–water partition coefficient (Wildman–Crippen LogP) is 4.99. The fraction of sp³-hybridized carbons (Fsp3) is 0.167. The molecule has 0 saturated heterocycles. The van der Waals surface area contributed by atoms with Gasteiger partial charge in [-0.05, 0) is 42.8 Å². The number of nitrogens with zero attached hydrogens (tertiary/aromatic N) is 4. The first-order valence-electron chi connectivity index (χ1n) is 9.17. The van der Waals surface area contributed by atoms with Crippen molar-refractivity contribution in [2.24, 2.45) is 0 Å². The number of anilines is 2. The standard InChI is InChI=1S/C24H22N4/c1-4-28-21(14-11-18-9-12-20(13-10-18)27(2)3)15-23(19(16-25)17-26)22-7-5-6-8-24(22)28/h5-15H,4H2,1-3H3. The molecule has 3 rings (SSSR count). The van der Waals surface area contributed by atoms with E-state index in [2.05, 4.69) is 47.1 Å². The summed E-state index contributed by atoms with van der Waals surface area (Å²) in [6.07, 6.45) is 6.02. The number of hydrogen-bond donors (Lipinski definition) is 0. The van der Waals surface area contributed by atoms with E-state index in [0.717, 1.165) is 34.7 Å². The predicted molar refractivity (Wildman–Crippen MR) is 115 cm³/mol. The lowest BCUT2D eigenvalue weighted by molar-refractivity contribution is 0.970. The van der Waals surface area contributed by atoms with Crippen LogP contribution in [-0.4, -0.2) is 20.6 Å². The van der Waals surface area contributed by atoms with Gasteiger partial charge in [-0.25, -0.2) is 0 Å². The molecule has 2 aromatic carbocycles. The van der Waals surface area contributed by atoms with E-state index in [1.54, 1.807) is 0 Å². The number of benzene rings is 2. The number of likely N-dealkylation sites (N-methyl/N-ethyl adjacent to an activating group) is 1. The molecule has 2 aromatic rings. The topological polar surface area (TPSA) is 54.1 Å². The molecular formula is C24H22N4. The molecule has 0 atom stereocenters. The number of para-hydroxylation sites is 1. The summed E-state index contributed by atoms with van der Waals surface area (Å²) in [5.41, 5.74) is 5.92. The van der Waals surface area contributed by atoms with Crippen LogP contribution < -0.4 is 9.80 Å². The van der Waals surface area contributed by atoms with Crippen LogP contribution in [-0.2, 0) is 0 Å². The van der Waals surface area contributed by atoms with Crippen LogP contribution in [0, 0.1) is 22.7 Å². The SMILES string of the molecule is CCN1C(C=Cc2ccc(N(C)C)cc2)=CC(=C(C#N)C#N)c2ccccc21. The summed E-state index contributed by atoms with van der Waals surface area (Å²) >= 11 is 0. The number of rotatable bonds is 4. The Morgan fingerprint density at radius 2 is 1.68 bits per heavy atom. The Morgan fingerprint density at radius 3 is 2.29 bits per heavy atom. The Hall–Kier alpha value is -3.76. The van der Waals surface area contributed by atoms with Gasteiger partial charge in [0, 0.05) is 48.8 Å². The van der Waals surface area contributed by atoms with Gasteiger partial charge < -0.3 is 9.80 Å². The van der Waals surface area contributed by atoms with Gasteiger partial charge in [0.15, 0.2) is 0 Å². The van der Waals surface area contributed by atoms with Crippen molar-refractivity contribution in [3.8, 4) is 12.1 Å². The van der Waals surface area contributed by atoms with Crippen LogP contribution in [0.15, 0.2) is 72.0 Å². The molecule has 4 heteroatoms. The van der Waals surface area contributed by atoms with Crippen molar-refractivity contribution in [2.45, 2.75) is 6.92 Å². The summed E-state index contributed by atoms with van der Waals surface area (Å²) in [5.74, 6) is 0. The van der Waals surface area contributed by atoms with Crippen molar-refractivity contribution >= 4 is 23.0 Å². The first-order valence-corrected chi connectivity index (χ1v) is 9.17. The highest BCUT2D eigenvalue weighted by Crippen LogP contribution is 2.37. The van der Waals surface area contributed by atoms with E-state index in [1.807, 2.05) is 62.7 Å². The molecular weight excluding hydrogens is 344 g/mol. The quantitative estimate of drug-likeness (QED) is 0.715. The maximum absolute atomic E-state index is 9.40. The van der Waals surface area contributed by atoms with Crippen LogP contribution in [0.1, 0.15) is 18.1 Å². The van der Waals surface area contributed by atoms with Crippen molar-refractivity contribution in [3.63, 3.8) is 0 Å². The molecule has 0 radical (unpaired) electrons. The van der Waals surface area contributed by atoms with Crippen molar-refractivity contribution in [1.29, 1.82) is 10.5 Å². The van der Waals surface area contributed by atoms with E-state index < -0.39 is 0 Å². The minimum Gasteiger partial charge on any atom is -0.378 e. The molecule has 0 bridgehead atoms. The molecule has 1 aliphatic rings. The van der Waals surface area contributed by atoms with Crippen molar-refractivity contribution < 1.29 is 0 Å². The molecule has 138 valence electrons. The van der Waals surface area contributed by atoms with Crippen LogP contribution in [0.4, 0.5) is 11.4 Å². The lowest BCUT2D eigenvalue weighted by Crippen LogP contribution is -2.25. The molecule has 28 heavy (non-hydrogen) atoms. The fourth-order valence-electron chi connectivity index (χ4n) is 3.29. The van der Waals surface area contributed by atoms with Crippen LogP contribution in [0.3, 0.4) is 0 Å². The molecule has 0 aliphatic carbocycles. The zero-order valence-corrected chi connectivity index (χ0v) is 16.3. The zero-order valence-electron chi connectivity index (χ0n) is 16.3. The van der Waals surface area contributed by atoms with E-state index in [1.165, 1.54) is 0 Å². The van der Waals surface area contributed by atoms with Gasteiger partial charge in [-0.3, -0.25) is 0 Å². The van der Waals surface area contributed by atoms with Gasteiger partial charge in [0.05, 0.1) is 0 Å². The van der Waals surface area contributed by atoms with E-state index in [4.69, 9.17) is 0 Å².